The number of ether oxygens (including phenoxy) is 1. The highest BCUT2D eigenvalue weighted by atomic mass is 16.5. The van der Waals surface area contributed by atoms with Gasteiger partial charge < -0.3 is 4.74 Å². The zero-order valence-electron chi connectivity index (χ0n) is 16.4. The number of carbonyl (C=O) groups is 1. The van der Waals surface area contributed by atoms with Gasteiger partial charge in [-0.2, -0.15) is 0 Å². The van der Waals surface area contributed by atoms with Gasteiger partial charge in [0.25, 0.3) is 0 Å². The summed E-state index contributed by atoms with van der Waals surface area (Å²) >= 11 is 0. The molecule has 2 aromatic carbocycles. The van der Waals surface area contributed by atoms with Crippen LogP contribution in [0.4, 0.5) is 0 Å². The number of rotatable bonds is 9. The maximum atomic E-state index is 11.6. The minimum absolute atomic E-state index is 0.0255. The standard InChI is InChI=1S/C25H28O2/c1-4-5-6-9-21-12-14-22(15-13-21)16-17-23-10-7-8-11-25(23)27-19-18-24(26)20(2)3/h7-8,10-15H,2,4-6,9,18-19H2,1,3H3. The first-order valence-electron chi connectivity index (χ1n) is 9.61. The second kappa shape index (κ2) is 11.0. The molecular formula is C25H28O2. The van der Waals surface area contributed by atoms with Crippen molar-refractivity contribution in [2.75, 3.05) is 6.61 Å². The fraction of sp³-hybridized carbons (Fsp3) is 0.320. The van der Waals surface area contributed by atoms with E-state index in [1.807, 2.05) is 24.3 Å². The third kappa shape index (κ3) is 7.15. The Morgan fingerprint density at radius 2 is 1.78 bits per heavy atom. The molecule has 0 saturated heterocycles. The fourth-order valence-electron chi connectivity index (χ4n) is 2.64. The number of allylic oxidation sites excluding steroid dienone is 1. The van der Waals surface area contributed by atoms with Crippen LogP contribution in [0.15, 0.2) is 60.7 Å². The molecule has 0 aromatic heterocycles. The summed E-state index contributed by atoms with van der Waals surface area (Å²) in [7, 11) is 0. The summed E-state index contributed by atoms with van der Waals surface area (Å²) in [5.41, 5.74) is 3.73. The maximum Gasteiger partial charge on any atom is 0.161 e. The molecular weight excluding hydrogens is 332 g/mol. The van der Waals surface area contributed by atoms with Gasteiger partial charge in [-0.25, -0.2) is 0 Å². The van der Waals surface area contributed by atoms with Crippen molar-refractivity contribution < 1.29 is 9.53 Å². The summed E-state index contributed by atoms with van der Waals surface area (Å²) < 4.78 is 5.76. The van der Waals surface area contributed by atoms with Gasteiger partial charge in [0.15, 0.2) is 5.78 Å². The molecule has 2 nitrogen and oxygen atoms in total. The van der Waals surface area contributed by atoms with E-state index in [4.69, 9.17) is 4.74 Å². The van der Waals surface area contributed by atoms with Crippen molar-refractivity contribution in [1.29, 1.82) is 0 Å². The molecule has 0 heterocycles. The van der Waals surface area contributed by atoms with Gasteiger partial charge >= 0.3 is 0 Å². The summed E-state index contributed by atoms with van der Waals surface area (Å²) in [5.74, 6) is 7.12. The van der Waals surface area contributed by atoms with E-state index in [2.05, 4.69) is 49.6 Å². The minimum Gasteiger partial charge on any atom is -0.492 e. The first-order valence-corrected chi connectivity index (χ1v) is 9.61. The van der Waals surface area contributed by atoms with E-state index in [0.717, 1.165) is 17.5 Å². The van der Waals surface area contributed by atoms with Crippen LogP contribution in [0.1, 0.15) is 56.2 Å². The molecule has 0 saturated carbocycles. The second-order valence-corrected chi connectivity index (χ2v) is 6.70. The minimum atomic E-state index is 0.0255. The number of aryl methyl sites for hydroxylation is 1. The van der Waals surface area contributed by atoms with Gasteiger partial charge in [0.1, 0.15) is 5.75 Å². The van der Waals surface area contributed by atoms with Crippen LogP contribution in [0.25, 0.3) is 0 Å². The third-order valence-corrected chi connectivity index (χ3v) is 4.31. The number of carbonyl (C=O) groups excluding carboxylic acids is 1. The van der Waals surface area contributed by atoms with Crippen LogP contribution in [0.2, 0.25) is 0 Å². The van der Waals surface area contributed by atoms with Gasteiger partial charge in [0.2, 0.25) is 0 Å². The molecule has 140 valence electrons. The first kappa shape index (κ1) is 20.5. The first-order chi connectivity index (χ1) is 13.1. The molecule has 2 heteroatoms. The average molecular weight is 360 g/mol. The molecule has 2 aromatic rings. The van der Waals surface area contributed by atoms with Crippen molar-refractivity contribution in [3.05, 3.63) is 77.4 Å². The summed E-state index contributed by atoms with van der Waals surface area (Å²) in [6.07, 6.45) is 5.21. The number of Topliss-reactive ketones (excluding diaryl/α,β-unsaturated/α-hetero) is 1. The maximum absolute atomic E-state index is 11.6. The summed E-state index contributed by atoms with van der Waals surface area (Å²) in [4.78, 5) is 11.6. The number of hydrogen-bond acceptors (Lipinski definition) is 2. The Morgan fingerprint density at radius 3 is 2.48 bits per heavy atom. The molecule has 0 amide bonds. The zero-order chi connectivity index (χ0) is 19.5. The van der Waals surface area contributed by atoms with E-state index in [1.165, 1.54) is 24.8 Å². The molecule has 0 unspecified atom stereocenters. The molecule has 0 radical (unpaired) electrons. The van der Waals surface area contributed by atoms with Crippen LogP contribution in [0.3, 0.4) is 0 Å². The van der Waals surface area contributed by atoms with E-state index in [-0.39, 0.29) is 5.78 Å². The van der Waals surface area contributed by atoms with Crippen LogP contribution < -0.4 is 4.74 Å². The number of hydrogen-bond donors (Lipinski definition) is 0. The molecule has 0 N–H and O–H groups in total. The summed E-state index contributed by atoms with van der Waals surface area (Å²) in [5, 5.41) is 0. The SMILES string of the molecule is C=C(C)C(=O)CCOc1ccccc1C#Cc1ccc(CCCCC)cc1. The van der Waals surface area contributed by atoms with Gasteiger partial charge in [0.05, 0.1) is 12.2 Å². The van der Waals surface area contributed by atoms with Gasteiger partial charge in [-0.15, -0.1) is 0 Å². The van der Waals surface area contributed by atoms with Crippen LogP contribution in [-0.4, -0.2) is 12.4 Å². The molecule has 0 aliphatic rings. The predicted molar refractivity (Wildman–Crippen MR) is 112 cm³/mol. The van der Waals surface area contributed by atoms with Crippen molar-refractivity contribution in [1.82, 2.24) is 0 Å². The van der Waals surface area contributed by atoms with Crippen molar-refractivity contribution in [3.63, 3.8) is 0 Å². The van der Waals surface area contributed by atoms with E-state index in [9.17, 15) is 4.79 Å². The molecule has 0 aliphatic carbocycles. The summed E-state index contributed by atoms with van der Waals surface area (Å²) in [6, 6.07) is 16.1. The lowest BCUT2D eigenvalue weighted by molar-refractivity contribution is -0.115. The highest BCUT2D eigenvalue weighted by Crippen LogP contribution is 2.17. The van der Waals surface area contributed by atoms with Crippen molar-refractivity contribution in [2.24, 2.45) is 0 Å². The highest BCUT2D eigenvalue weighted by molar-refractivity contribution is 5.94. The van der Waals surface area contributed by atoms with Gasteiger partial charge in [-0.3, -0.25) is 4.79 Å². The lowest BCUT2D eigenvalue weighted by Crippen LogP contribution is -2.07. The van der Waals surface area contributed by atoms with Gasteiger partial charge in [-0.1, -0.05) is 62.5 Å². The van der Waals surface area contributed by atoms with Gasteiger partial charge in [0, 0.05) is 12.0 Å². The molecule has 0 fully saturated rings. The van der Waals surface area contributed by atoms with Crippen LogP contribution in [-0.2, 0) is 11.2 Å². The number of benzene rings is 2. The molecule has 0 bridgehead atoms. The Hall–Kier alpha value is -2.79. The molecule has 0 atom stereocenters. The van der Waals surface area contributed by atoms with Crippen molar-refractivity contribution >= 4 is 5.78 Å². The van der Waals surface area contributed by atoms with Crippen molar-refractivity contribution in [3.8, 4) is 17.6 Å². The van der Waals surface area contributed by atoms with Gasteiger partial charge in [-0.05, 0) is 55.2 Å². The van der Waals surface area contributed by atoms with E-state index < -0.39 is 0 Å². The smallest absolute Gasteiger partial charge is 0.161 e. The normalized spacial score (nSPS) is 10.0. The van der Waals surface area contributed by atoms with Crippen LogP contribution in [0.5, 0.6) is 5.75 Å². The van der Waals surface area contributed by atoms with E-state index in [0.29, 0.717) is 24.4 Å². The quantitative estimate of drug-likeness (QED) is 0.324. The lowest BCUT2D eigenvalue weighted by Gasteiger charge is -2.07. The lowest BCUT2D eigenvalue weighted by atomic mass is 10.1. The zero-order valence-corrected chi connectivity index (χ0v) is 16.4. The Labute approximate surface area is 163 Å². The Kier molecular flexibility index (Phi) is 8.39. The average Bonchev–Trinajstić information content (AvgIpc) is 2.68. The van der Waals surface area contributed by atoms with Crippen molar-refractivity contribution in [2.45, 2.75) is 46.0 Å². The topological polar surface area (TPSA) is 26.3 Å². The Bertz CT molecular complexity index is 819. The largest absolute Gasteiger partial charge is 0.492 e. The molecule has 27 heavy (non-hydrogen) atoms. The number of para-hydroxylation sites is 1. The van der Waals surface area contributed by atoms with E-state index >= 15 is 0 Å². The molecule has 2 rings (SSSR count). The molecule has 0 spiro atoms. The summed E-state index contributed by atoms with van der Waals surface area (Å²) in [6.45, 7) is 7.93. The highest BCUT2D eigenvalue weighted by Gasteiger charge is 2.05. The molecule has 0 aliphatic heterocycles. The second-order valence-electron chi connectivity index (χ2n) is 6.70. The van der Waals surface area contributed by atoms with Crippen LogP contribution >= 0.6 is 0 Å². The number of ketones is 1. The fourth-order valence-corrected chi connectivity index (χ4v) is 2.64. The Balaban J connectivity index is 1.99. The Morgan fingerprint density at radius 1 is 1.04 bits per heavy atom. The number of unbranched alkanes of at least 4 members (excludes halogenated alkanes) is 2. The van der Waals surface area contributed by atoms with E-state index in [1.54, 1.807) is 6.92 Å². The van der Waals surface area contributed by atoms with Crippen LogP contribution in [0, 0.1) is 11.8 Å². The predicted octanol–water partition coefficient (Wildman–Crippen LogP) is 5.73. The monoisotopic (exact) mass is 360 g/mol. The third-order valence-electron chi connectivity index (χ3n) is 4.31.